The molecule has 2 saturated carbocycles. The number of hydrogen-bond acceptors (Lipinski definition) is 4. The molecule has 0 bridgehead atoms. The molecule has 2 aromatic carbocycles. The number of anilines is 1. The summed E-state index contributed by atoms with van der Waals surface area (Å²) in [6.07, 6.45) is 5.60. The van der Waals surface area contributed by atoms with Gasteiger partial charge in [0.2, 0.25) is 5.91 Å². The molecule has 0 spiro atoms. The third-order valence-electron chi connectivity index (χ3n) is 6.30. The minimum Gasteiger partial charge on any atom is -0.311 e. The van der Waals surface area contributed by atoms with Crippen LogP contribution in [0.25, 0.3) is 22.0 Å². The van der Waals surface area contributed by atoms with E-state index in [2.05, 4.69) is 26.9 Å². The van der Waals surface area contributed by atoms with Gasteiger partial charge in [-0.2, -0.15) is 10.4 Å². The Morgan fingerprint density at radius 3 is 2.73 bits per heavy atom. The Kier molecular flexibility index (Phi) is 4.93. The number of hydrogen-bond donors (Lipinski definition) is 3. The number of nitriles is 1. The first-order valence-corrected chi connectivity index (χ1v) is 10.7. The van der Waals surface area contributed by atoms with Crippen molar-refractivity contribution in [1.82, 2.24) is 15.5 Å². The maximum absolute atomic E-state index is 12.7. The second-order valence-corrected chi connectivity index (χ2v) is 8.70. The number of H-pyrrole nitrogens is 1. The van der Waals surface area contributed by atoms with Gasteiger partial charge in [0, 0.05) is 34.0 Å². The minimum absolute atomic E-state index is 0.0185. The molecule has 0 atom stereocenters. The van der Waals surface area contributed by atoms with E-state index >= 15 is 0 Å². The van der Waals surface area contributed by atoms with Gasteiger partial charge < -0.3 is 10.6 Å². The van der Waals surface area contributed by atoms with Crippen molar-refractivity contribution in [2.75, 3.05) is 5.32 Å². The van der Waals surface area contributed by atoms with Crippen molar-refractivity contribution in [2.24, 2.45) is 5.92 Å². The van der Waals surface area contributed by atoms with Gasteiger partial charge in [-0.25, -0.2) is 0 Å². The van der Waals surface area contributed by atoms with Crippen LogP contribution in [0.4, 0.5) is 5.82 Å². The molecule has 0 saturated heterocycles. The molecule has 5 rings (SSSR count). The maximum Gasteiger partial charge on any atom is 0.228 e. The van der Waals surface area contributed by atoms with Crippen molar-refractivity contribution >= 4 is 34.2 Å². The molecule has 0 radical (unpaired) electrons. The number of amides is 1. The van der Waals surface area contributed by atoms with E-state index < -0.39 is 0 Å². The van der Waals surface area contributed by atoms with Crippen molar-refractivity contribution < 1.29 is 4.79 Å². The molecule has 152 valence electrons. The van der Waals surface area contributed by atoms with Gasteiger partial charge in [-0.3, -0.25) is 9.89 Å². The lowest BCUT2D eigenvalue weighted by Crippen LogP contribution is -2.51. The quantitative estimate of drug-likeness (QED) is 0.562. The van der Waals surface area contributed by atoms with Gasteiger partial charge in [-0.1, -0.05) is 24.1 Å². The van der Waals surface area contributed by atoms with E-state index in [0.717, 1.165) is 34.9 Å². The van der Waals surface area contributed by atoms with E-state index in [4.69, 9.17) is 11.6 Å². The first-order valence-electron chi connectivity index (χ1n) is 10.4. The van der Waals surface area contributed by atoms with Crippen molar-refractivity contribution in [1.29, 1.82) is 5.26 Å². The highest BCUT2D eigenvalue weighted by Crippen LogP contribution is 2.34. The fourth-order valence-corrected chi connectivity index (χ4v) is 4.41. The first kappa shape index (κ1) is 19.1. The number of fused-ring (bicyclic) bond motifs is 1. The number of aromatic amines is 1. The zero-order chi connectivity index (χ0) is 20.7. The third kappa shape index (κ3) is 3.55. The molecule has 3 N–H and O–H groups in total. The maximum atomic E-state index is 12.7. The number of aromatic nitrogens is 2. The molecule has 1 amide bonds. The van der Waals surface area contributed by atoms with Gasteiger partial charge in [-0.05, 0) is 61.6 Å². The molecule has 2 fully saturated rings. The summed E-state index contributed by atoms with van der Waals surface area (Å²) in [6, 6.07) is 14.2. The molecule has 2 aliphatic carbocycles. The monoisotopic (exact) mass is 419 g/mol. The molecule has 0 aliphatic heterocycles. The van der Waals surface area contributed by atoms with Gasteiger partial charge in [0.05, 0.1) is 17.1 Å². The van der Waals surface area contributed by atoms with Crippen LogP contribution in [0.3, 0.4) is 0 Å². The fourth-order valence-electron chi connectivity index (χ4n) is 4.19. The molecule has 0 unspecified atom stereocenters. The summed E-state index contributed by atoms with van der Waals surface area (Å²) in [7, 11) is 0. The average Bonchev–Trinajstić information content (AvgIpc) is 3.08. The number of benzene rings is 2. The lowest BCUT2D eigenvalue weighted by Gasteiger charge is -2.40. The van der Waals surface area contributed by atoms with Crippen LogP contribution in [0, 0.1) is 17.2 Å². The molecule has 1 heterocycles. The van der Waals surface area contributed by atoms with Gasteiger partial charge in [0.25, 0.3) is 0 Å². The molecular weight excluding hydrogens is 398 g/mol. The zero-order valence-electron chi connectivity index (χ0n) is 16.4. The molecule has 1 aromatic heterocycles. The Morgan fingerprint density at radius 1 is 1.17 bits per heavy atom. The topological polar surface area (TPSA) is 93.6 Å². The van der Waals surface area contributed by atoms with Crippen LogP contribution in [0.1, 0.15) is 37.7 Å². The summed E-state index contributed by atoms with van der Waals surface area (Å²) < 4.78 is 0. The third-order valence-corrected chi connectivity index (χ3v) is 6.63. The molecule has 2 aliphatic rings. The van der Waals surface area contributed by atoms with Crippen LogP contribution < -0.4 is 10.6 Å². The number of nitrogens with zero attached hydrogens (tertiary/aromatic N) is 2. The first-order chi connectivity index (χ1) is 14.6. The van der Waals surface area contributed by atoms with Crippen molar-refractivity contribution in [3.05, 3.63) is 47.0 Å². The van der Waals surface area contributed by atoms with Crippen LogP contribution in [0.5, 0.6) is 0 Å². The van der Waals surface area contributed by atoms with Gasteiger partial charge >= 0.3 is 0 Å². The normalized spacial score (nSPS) is 20.9. The Balaban J connectivity index is 1.33. The summed E-state index contributed by atoms with van der Waals surface area (Å²) in [5.41, 5.74) is 3.03. The van der Waals surface area contributed by atoms with Crippen LogP contribution in [0.2, 0.25) is 5.02 Å². The SMILES string of the molecule is N#Cc1ccc(Cl)c(-c2ccc3[nH]nc(NC(=O)C4CC(NC5CCC5)C4)c3c2)c1. The number of carbonyl (C=O) groups is 1. The van der Waals surface area contributed by atoms with E-state index in [1.165, 1.54) is 19.3 Å². The Labute approximate surface area is 179 Å². The van der Waals surface area contributed by atoms with Crippen LogP contribution in [0.15, 0.2) is 36.4 Å². The largest absolute Gasteiger partial charge is 0.311 e. The molecule has 7 heteroatoms. The zero-order valence-corrected chi connectivity index (χ0v) is 17.2. The van der Waals surface area contributed by atoms with Crippen molar-refractivity contribution in [3.8, 4) is 17.2 Å². The van der Waals surface area contributed by atoms with E-state index in [1.54, 1.807) is 18.2 Å². The lowest BCUT2D eigenvalue weighted by atomic mass is 9.78. The van der Waals surface area contributed by atoms with E-state index in [9.17, 15) is 10.1 Å². The van der Waals surface area contributed by atoms with Crippen LogP contribution in [-0.2, 0) is 4.79 Å². The number of carbonyl (C=O) groups excluding carboxylic acids is 1. The van der Waals surface area contributed by atoms with Gasteiger partial charge in [-0.15, -0.1) is 0 Å². The van der Waals surface area contributed by atoms with Crippen molar-refractivity contribution in [2.45, 2.75) is 44.2 Å². The Hall–Kier alpha value is -2.88. The average molecular weight is 420 g/mol. The highest BCUT2D eigenvalue weighted by Gasteiger charge is 2.36. The van der Waals surface area contributed by atoms with E-state index in [0.29, 0.717) is 28.5 Å². The number of rotatable bonds is 5. The second kappa shape index (κ2) is 7.75. The smallest absolute Gasteiger partial charge is 0.228 e. The summed E-state index contributed by atoms with van der Waals surface area (Å²) in [5.74, 6) is 0.573. The van der Waals surface area contributed by atoms with Gasteiger partial charge in [0.1, 0.15) is 0 Å². The molecular formula is C23H22ClN5O. The lowest BCUT2D eigenvalue weighted by molar-refractivity contribution is -0.123. The van der Waals surface area contributed by atoms with E-state index in [-0.39, 0.29) is 11.8 Å². The summed E-state index contributed by atoms with van der Waals surface area (Å²) in [5, 5.41) is 24.5. The minimum atomic E-state index is 0.0185. The molecule has 3 aromatic rings. The van der Waals surface area contributed by atoms with Crippen LogP contribution >= 0.6 is 11.6 Å². The van der Waals surface area contributed by atoms with Gasteiger partial charge in [0.15, 0.2) is 5.82 Å². The second-order valence-electron chi connectivity index (χ2n) is 8.29. The number of nitrogens with one attached hydrogen (secondary N) is 3. The standard InChI is InChI=1S/C23H22ClN5O/c24-20-6-4-13(12-25)8-18(20)14-5-7-21-19(11-14)22(29-28-21)27-23(30)15-9-17(10-15)26-16-2-1-3-16/h4-8,11,15-17,26H,1-3,9-10H2,(H2,27,28,29,30). The Bertz CT molecular complexity index is 1150. The predicted octanol–water partition coefficient (Wildman–Crippen LogP) is 4.61. The van der Waals surface area contributed by atoms with Crippen LogP contribution in [-0.4, -0.2) is 28.2 Å². The number of halogens is 1. The summed E-state index contributed by atoms with van der Waals surface area (Å²) in [4.78, 5) is 12.7. The van der Waals surface area contributed by atoms with Crippen molar-refractivity contribution in [3.63, 3.8) is 0 Å². The summed E-state index contributed by atoms with van der Waals surface area (Å²) >= 11 is 6.36. The highest BCUT2D eigenvalue weighted by molar-refractivity contribution is 6.33. The molecule has 6 nitrogen and oxygen atoms in total. The molecule has 30 heavy (non-hydrogen) atoms. The fraction of sp³-hybridized carbons (Fsp3) is 0.348. The predicted molar refractivity (Wildman–Crippen MR) is 117 cm³/mol. The highest BCUT2D eigenvalue weighted by atomic mass is 35.5. The Morgan fingerprint density at radius 2 is 2.00 bits per heavy atom. The summed E-state index contributed by atoms with van der Waals surface area (Å²) in [6.45, 7) is 0. The van der Waals surface area contributed by atoms with E-state index in [1.807, 2.05) is 18.2 Å².